The second-order valence-electron chi connectivity index (χ2n) is 3.71. The first-order chi connectivity index (χ1) is 8.52. The molecule has 6 heteroatoms. The van der Waals surface area contributed by atoms with Gasteiger partial charge in [0.1, 0.15) is 0 Å². The molecule has 1 rings (SSSR count). The van der Waals surface area contributed by atoms with Crippen LogP contribution in [0.3, 0.4) is 0 Å². The van der Waals surface area contributed by atoms with Gasteiger partial charge in [0.15, 0.2) is 0 Å². The number of carbonyl (C=O) groups excluding carboxylic acids is 1. The van der Waals surface area contributed by atoms with Crippen LogP contribution in [0.4, 0.5) is 5.69 Å². The topological polar surface area (TPSA) is 104 Å². The number of nitrogens with zero attached hydrogens (tertiary/aromatic N) is 1. The molecule has 2 N–H and O–H groups in total. The van der Waals surface area contributed by atoms with E-state index in [0.717, 1.165) is 0 Å². The fourth-order valence-electron chi connectivity index (χ4n) is 1.50. The van der Waals surface area contributed by atoms with Gasteiger partial charge in [-0.1, -0.05) is 12.1 Å². The van der Waals surface area contributed by atoms with Crippen molar-refractivity contribution in [3.05, 3.63) is 29.8 Å². The van der Waals surface area contributed by atoms with Gasteiger partial charge in [-0.25, -0.2) is 4.79 Å². The summed E-state index contributed by atoms with van der Waals surface area (Å²) < 4.78 is 0. The molecule has 1 aromatic rings. The van der Waals surface area contributed by atoms with Gasteiger partial charge in [0.05, 0.1) is 18.0 Å². The Bertz CT molecular complexity index is 488. The molecule has 0 aliphatic rings. The van der Waals surface area contributed by atoms with Gasteiger partial charge >= 0.3 is 11.9 Å². The quantitative estimate of drug-likeness (QED) is 0.585. The van der Waals surface area contributed by atoms with E-state index in [1.165, 1.54) is 6.08 Å². The lowest BCUT2D eigenvalue weighted by molar-refractivity contribution is -0.148. The second kappa shape index (κ2) is 6.32. The molecule has 0 bridgehead atoms. The van der Waals surface area contributed by atoms with Crippen molar-refractivity contribution in [2.24, 2.45) is 10.9 Å². The molecule has 1 atom stereocenters. The highest BCUT2D eigenvalue weighted by atomic mass is 16.4. The summed E-state index contributed by atoms with van der Waals surface area (Å²) in [6.45, 7) is 0. The Morgan fingerprint density at radius 1 is 1.22 bits per heavy atom. The van der Waals surface area contributed by atoms with Crippen LogP contribution in [0, 0.1) is 5.92 Å². The molecule has 6 nitrogen and oxygen atoms in total. The molecular weight excluding hydrogens is 238 g/mol. The Morgan fingerprint density at radius 3 is 2.28 bits per heavy atom. The van der Waals surface area contributed by atoms with Gasteiger partial charge in [-0.05, 0) is 24.1 Å². The zero-order chi connectivity index (χ0) is 13.5. The van der Waals surface area contributed by atoms with Gasteiger partial charge in [0, 0.05) is 0 Å². The van der Waals surface area contributed by atoms with E-state index in [9.17, 15) is 14.4 Å². The Balaban J connectivity index is 2.77. The van der Waals surface area contributed by atoms with Crippen molar-refractivity contribution in [2.45, 2.75) is 12.8 Å². The molecule has 0 radical (unpaired) electrons. The van der Waals surface area contributed by atoms with Crippen LogP contribution in [-0.2, 0) is 20.8 Å². The number of isocyanates is 1. The normalized spacial score (nSPS) is 11.3. The van der Waals surface area contributed by atoms with Crippen LogP contribution in [0.5, 0.6) is 0 Å². The minimum Gasteiger partial charge on any atom is -0.481 e. The molecule has 0 amide bonds. The van der Waals surface area contributed by atoms with Crippen molar-refractivity contribution in [1.82, 2.24) is 0 Å². The van der Waals surface area contributed by atoms with Crippen molar-refractivity contribution in [2.75, 3.05) is 0 Å². The predicted molar refractivity (Wildman–Crippen MR) is 61.3 cm³/mol. The van der Waals surface area contributed by atoms with Crippen LogP contribution in [0.2, 0.25) is 0 Å². The first kappa shape index (κ1) is 13.6. The SMILES string of the molecule is O=C=Nc1ccc(CC(CC(=O)O)C(=O)O)cc1. The minimum absolute atomic E-state index is 0.118. The first-order valence-electron chi connectivity index (χ1n) is 5.14. The molecular formula is C12H11NO5. The number of carboxylic acids is 2. The van der Waals surface area contributed by atoms with Crippen molar-refractivity contribution in [3.63, 3.8) is 0 Å². The highest BCUT2D eigenvalue weighted by Crippen LogP contribution is 2.17. The third-order valence-electron chi connectivity index (χ3n) is 2.36. The van der Waals surface area contributed by atoms with Gasteiger partial charge in [0.2, 0.25) is 6.08 Å². The van der Waals surface area contributed by atoms with E-state index < -0.39 is 24.3 Å². The lowest BCUT2D eigenvalue weighted by Crippen LogP contribution is -2.20. The third kappa shape index (κ3) is 4.19. The van der Waals surface area contributed by atoms with Gasteiger partial charge in [-0.2, -0.15) is 4.99 Å². The molecule has 1 aromatic carbocycles. The zero-order valence-electron chi connectivity index (χ0n) is 9.37. The Kier molecular flexibility index (Phi) is 4.78. The molecule has 1 unspecified atom stereocenters. The summed E-state index contributed by atoms with van der Waals surface area (Å²) in [4.78, 5) is 34.8. The fraction of sp³-hybridized carbons (Fsp3) is 0.250. The molecule has 0 saturated carbocycles. The van der Waals surface area contributed by atoms with Crippen LogP contribution >= 0.6 is 0 Å². The second-order valence-corrected chi connectivity index (χ2v) is 3.71. The van der Waals surface area contributed by atoms with Crippen molar-refractivity contribution in [1.29, 1.82) is 0 Å². The standard InChI is InChI=1S/C12H11NO5/c14-7-13-10-3-1-8(2-4-10)5-9(12(17)18)6-11(15)16/h1-4,9H,5-6H2,(H,15,16)(H,17,18). The number of benzene rings is 1. The van der Waals surface area contributed by atoms with E-state index in [1.807, 2.05) is 0 Å². The van der Waals surface area contributed by atoms with Crippen molar-refractivity contribution >= 4 is 23.7 Å². The smallest absolute Gasteiger partial charge is 0.307 e. The summed E-state index contributed by atoms with van der Waals surface area (Å²) >= 11 is 0. The summed E-state index contributed by atoms with van der Waals surface area (Å²) in [5.74, 6) is -3.26. The number of aliphatic carboxylic acids is 2. The summed E-state index contributed by atoms with van der Waals surface area (Å²) in [5, 5.41) is 17.5. The molecule has 94 valence electrons. The number of aliphatic imine (C=N–C) groups is 1. The average Bonchev–Trinajstić information content (AvgIpc) is 2.30. The monoisotopic (exact) mass is 249 g/mol. The summed E-state index contributed by atoms with van der Waals surface area (Å²) in [6.07, 6.45) is 1.08. The number of carboxylic acid groups (broad SMARTS) is 2. The fourth-order valence-corrected chi connectivity index (χ4v) is 1.50. The molecule has 0 fully saturated rings. The van der Waals surface area contributed by atoms with E-state index in [2.05, 4.69) is 4.99 Å². The third-order valence-corrected chi connectivity index (χ3v) is 2.36. The lowest BCUT2D eigenvalue weighted by atomic mass is 9.96. The summed E-state index contributed by atoms with van der Waals surface area (Å²) in [6, 6.07) is 6.29. The van der Waals surface area contributed by atoms with E-state index in [4.69, 9.17) is 10.2 Å². The van der Waals surface area contributed by atoms with Gasteiger partial charge in [-0.3, -0.25) is 9.59 Å². The van der Waals surface area contributed by atoms with Gasteiger partial charge in [-0.15, -0.1) is 0 Å². The number of hydrogen-bond donors (Lipinski definition) is 2. The Hall–Kier alpha value is -2.46. The lowest BCUT2D eigenvalue weighted by Gasteiger charge is -2.09. The number of carbonyl (C=O) groups is 2. The van der Waals surface area contributed by atoms with Crippen molar-refractivity contribution in [3.8, 4) is 0 Å². The van der Waals surface area contributed by atoms with Crippen LogP contribution in [-0.4, -0.2) is 28.2 Å². The first-order valence-corrected chi connectivity index (χ1v) is 5.14. The maximum atomic E-state index is 10.9. The Morgan fingerprint density at radius 2 is 1.83 bits per heavy atom. The van der Waals surface area contributed by atoms with Gasteiger partial charge < -0.3 is 10.2 Å². The predicted octanol–water partition coefficient (Wildman–Crippen LogP) is 1.37. The number of hydrogen-bond acceptors (Lipinski definition) is 4. The average molecular weight is 249 g/mol. The highest BCUT2D eigenvalue weighted by molar-refractivity contribution is 5.78. The summed E-state index contributed by atoms with van der Waals surface area (Å²) in [7, 11) is 0. The van der Waals surface area contributed by atoms with E-state index >= 15 is 0 Å². The Labute approximate surface area is 103 Å². The maximum absolute atomic E-state index is 10.9. The molecule has 0 heterocycles. The molecule has 18 heavy (non-hydrogen) atoms. The van der Waals surface area contributed by atoms with Crippen LogP contribution < -0.4 is 0 Å². The summed E-state index contributed by atoms with van der Waals surface area (Å²) in [5.41, 5.74) is 1.09. The van der Waals surface area contributed by atoms with E-state index in [1.54, 1.807) is 24.3 Å². The molecule has 0 aliphatic heterocycles. The highest BCUT2D eigenvalue weighted by Gasteiger charge is 2.21. The van der Waals surface area contributed by atoms with E-state index in [-0.39, 0.29) is 6.42 Å². The number of rotatable bonds is 6. The van der Waals surface area contributed by atoms with Crippen LogP contribution in [0.15, 0.2) is 29.3 Å². The molecule has 0 aromatic heterocycles. The zero-order valence-corrected chi connectivity index (χ0v) is 9.37. The van der Waals surface area contributed by atoms with Crippen molar-refractivity contribution < 1.29 is 24.6 Å². The molecule has 0 saturated heterocycles. The van der Waals surface area contributed by atoms with Crippen LogP contribution in [0.1, 0.15) is 12.0 Å². The van der Waals surface area contributed by atoms with Gasteiger partial charge in [0.25, 0.3) is 0 Å². The van der Waals surface area contributed by atoms with E-state index in [0.29, 0.717) is 11.3 Å². The van der Waals surface area contributed by atoms with Crippen LogP contribution in [0.25, 0.3) is 0 Å². The largest absolute Gasteiger partial charge is 0.481 e. The minimum atomic E-state index is -1.15. The maximum Gasteiger partial charge on any atom is 0.307 e. The molecule has 0 aliphatic carbocycles. The molecule has 0 spiro atoms.